The van der Waals surface area contributed by atoms with Crippen molar-refractivity contribution in [1.29, 1.82) is 0 Å². The van der Waals surface area contributed by atoms with Crippen LogP contribution in [0.5, 0.6) is 0 Å². The zero-order chi connectivity index (χ0) is 10.8. The first kappa shape index (κ1) is 9.81. The number of ether oxygens (including phenoxy) is 1. The summed E-state index contributed by atoms with van der Waals surface area (Å²) in [6, 6.07) is 8.60. The number of hydrogen-bond donors (Lipinski definition) is 1. The molecule has 16 heavy (non-hydrogen) atoms. The minimum Gasteiger partial charge on any atom is -0.378 e. The topological polar surface area (TPSA) is 39.1 Å². The Hall–Kier alpha value is -1.39. The standard InChI is InChI=1S/C12H15N3O/c1-2-4-12-11(3-1)14-9-15(12)7-10-8-16-6-5-13-10/h1-4,9-10,13H,5-8H2/t10-/m0/s1. The lowest BCUT2D eigenvalue weighted by Gasteiger charge is -2.24. The lowest BCUT2D eigenvalue weighted by molar-refractivity contribution is 0.0718. The van der Waals surface area contributed by atoms with Gasteiger partial charge in [-0.25, -0.2) is 4.98 Å². The minimum absolute atomic E-state index is 0.395. The van der Waals surface area contributed by atoms with E-state index in [4.69, 9.17) is 4.74 Å². The number of fused-ring (bicyclic) bond motifs is 1. The van der Waals surface area contributed by atoms with Crippen LogP contribution < -0.4 is 5.32 Å². The van der Waals surface area contributed by atoms with Gasteiger partial charge in [-0.2, -0.15) is 0 Å². The molecule has 1 aliphatic rings. The second-order valence-electron chi connectivity index (χ2n) is 4.11. The maximum absolute atomic E-state index is 5.45. The quantitative estimate of drug-likeness (QED) is 0.816. The number of nitrogens with zero attached hydrogens (tertiary/aromatic N) is 2. The van der Waals surface area contributed by atoms with E-state index in [-0.39, 0.29) is 0 Å². The smallest absolute Gasteiger partial charge is 0.0958 e. The number of morpholine rings is 1. The van der Waals surface area contributed by atoms with E-state index >= 15 is 0 Å². The van der Waals surface area contributed by atoms with E-state index in [0.717, 1.165) is 31.8 Å². The number of rotatable bonds is 2. The lowest BCUT2D eigenvalue weighted by Crippen LogP contribution is -2.43. The maximum Gasteiger partial charge on any atom is 0.0958 e. The van der Waals surface area contributed by atoms with Crippen molar-refractivity contribution in [2.45, 2.75) is 12.6 Å². The molecule has 0 spiro atoms. The van der Waals surface area contributed by atoms with Crippen molar-refractivity contribution in [3.8, 4) is 0 Å². The van der Waals surface area contributed by atoms with Gasteiger partial charge in [-0.05, 0) is 12.1 Å². The molecular weight excluding hydrogens is 202 g/mol. The molecule has 2 heterocycles. The first-order chi connectivity index (χ1) is 7.93. The highest BCUT2D eigenvalue weighted by molar-refractivity contribution is 5.74. The molecule has 1 saturated heterocycles. The van der Waals surface area contributed by atoms with Crippen molar-refractivity contribution in [2.24, 2.45) is 0 Å². The fourth-order valence-corrected chi connectivity index (χ4v) is 2.13. The van der Waals surface area contributed by atoms with Gasteiger partial charge < -0.3 is 14.6 Å². The van der Waals surface area contributed by atoms with Gasteiger partial charge in [0.05, 0.1) is 30.6 Å². The Morgan fingerprint density at radius 3 is 3.25 bits per heavy atom. The van der Waals surface area contributed by atoms with E-state index in [2.05, 4.69) is 20.9 Å². The maximum atomic E-state index is 5.45. The molecule has 0 bridgehead atoms. The predicted molar refractivity (Wildman–Crippen MR) is 62.3 cm³/mol. The summed E-state index contributed by atoms with van der Waals surface area (Å²) in [5, 5.41) is 3.45. The Balaban J connectivity index is 1.83. The molecule has 4 heteroatoms. The minimum atomic E-state index is 0.395. The van der Waals surface area contributed by atoms with Gasteiger partial charge >= 0.3 is 0 Å². The first-order valence-corrected chi connectivity index (χ1v) is 5.64. The Kier molecular flexibility index (Phi) is 2.60. The molecule has 1 aromatic carbocycles. The fraction of sp³-hybridized carbons (Fsp3) is 0.417. The highest BCUT2D eigenvalue weighted by Crippen LogP contribution is 2.12. The molecule has 3 rings (SSSR count). The van der Waals surface area contributed by atoms with Crippen LogP contribution in [0.1, 0.15) is 0 Å². The van der Waals surface area contributed by atoms with Gasteiger partial charge in [0.25, 0.3) is 0 Å². The Morgan fingerprint density at radius 2 is 2.38 bits per heavy atom. The summed E-state index contributed by atoms with van der Waals surface area (Å²) in [6.45, 7) is 3.46. The van der Waals surface area contributed by atoms with Crippen molar-refractivity contribution in [3.05, 3.63) is 30.6 Å². The zero-order valence-electron chi connectivity index (χ0n) is 9.10. The number of benzene rings is 1. The van der Waals surface area contributed by atoms with E-state index < -0.39 is 0 Å². The van der Waals surface area contributed by atoms with Crippen LogP contribution >= 0.6 is 0 Å². The normalized spacial score (nSPS) is 21.4. The average Bonchev–Trinajstić information content (AvgIpc) is 2.74. The SMILES string of the molecule is c1ccc2c(c1)ncn2C[C@H]1COCCN1. The van der Waals surface area contributed by atoms with Gasteiger partial charge in [0.15, 0.2) is 0 Å². The van der Waals surface area contributed by atoms with Gasteiger partial charge in [0, 0.05) is 19.1 Å². The fourth-order valence-electron chi connectivity index (χ4n) is 2.13. The summed E-state index contributed by atoms with van der Waals surface area (Å²) < 4.78 is 7.63. The van der Waals surface area contributed by atoms with E-state index in [1.165, 1.54) is 5.52 Å². The molecule has 4 nitrogen and oxygen atoms in total. The van der Waals surface area contributed by atoms with Crippen LogP contribution in [0.25, 0.3) is 11.0 Å². The van der Waals surface area contributed by atoms with Crippen LogP contribution in [0, 0.1) is 0 Å². The zero-order valence-corrected chi connectivity index (χ0v) is 9.10. The Morgan fingerprint density at radius 1 is 1.44 bits per heavy atom. The molecule has 1 aliphatic heterocycles. The van der Waals surface area contributed by atoms with Gasteiger partial charge in [-0.1, -0.05) is 12.1 Å². The summed E-state index contributed by atoms with van der Waals surface area (Å²) in [4.78, 5) is 4.38. The number of hydrogen-bond acceptors (Lipinski definition) is 3. The molecule has 0 radical (unpaired) electrons. The molecule has 0 amide bonds. The number of para-hydroxylation sites is 2. The van der Waals surface area contributed by atoms with Crippen molar-refractivity contribution >= 4 is 11.0 Å². The number of imidazole rings is 1. The summed E-state index contributed by atoms with van der Waals surface area (Å²) in [5.74, 6) is 0. The van der Waals surface area contributed by atoms with Crippen molar-refractivity contribution < 1.29 is 4.74 Å². The van der Waals surface area contributed by atoms with Crippen molar-refractivity contribution in [2.75, 3.05) is 19.8 Å². The van der Waals surface area contributed by atoms with E-state index in [1.807, 2.05) is 24.5 Å². The average molecular weight is 217 g/mol. The largest absolute Gasteiger partial charge is 0.378 e. The Labute approximate surface area is 94.2 Å². The van der Waals surface area contributed by atoms with Crippen LogP contribution in [0.2, 0.25) is 0 Å². The van der Waals surface area contributed by atoms with Crippen LogP contribution in [-0.4, -0.2) is 35.4 Å². The molecule has 0 saturated carbocycles. The van der Waals surface area contributed by atoms with Crippen molar-refractivity contribution in [3.63, 3.8) is 0 Å². The summed E-state index contributed by atoms with van der Waals surface area (Å²) in [6.07, 6.45) is 1.90. The van der Waals surface area contributed by atoms with Gasteiger partial charge in [0.2, 0.25) is 0 Å². The predicted octanol–water partition coefficient (Wildman–Crippen LogP) is 1.02. The van der Waals surface area contributed by atoms with Gasteiger partial charge in [0.1, 0.15) is 0 Å². The van der Waals surface area contributed by atoms with Gasteiger partial charge in [-0.3, -0.25) is 0 Å². The summed E-state index contributed by atoms with van der Waals surface area (Å²) in [7, 11) is 0. The number of aromatic nitrogens is 2. The van der Waals surface area contributed by atoms with E-state index in [9.17, 15) is 0 Å². The molecule has 0 aliphatic carbocycles. The first-order valence-electron chi connectivity index (χ1n) is 5.64. The van der Waals surface area contributed by atoms with Crippen LogP contribution in [0.4, 0.5) is 0 Å². The molecular formula is C12H15N3O. The van der Waals surface area contributed by atoms with E-state index in [0.29, 0.717) is 6.04 Å². The van der Waals surface area contributed by atoms with Crippen LogP contribution in [0.3, 0.4) is 0 Å². The third-order valence-electron chi connectivity index (χ3n) is 2.94. The number of nitrogens with one attached hydrogen (secondary N) is 1. The third kappa shape index (κ3) is 1.81. The summed E-state index contributed by atoms with van der Waals surface area (Å²) >= 11 is 0. The van der Waals surface area contributed by atoms with Gasteiger partial charge in [-0.15, -0.1) is 0 Å². The van der Waals surface area contributed by atoms with Crippen molar-refractivity contribution in [1.82, 2.24) is 14.9 Å². The third-order valence-corrected chi connectivity index (χ3v) is 2.94. The molecule has 1 N–H and O–H groups in total. The monoisotopic (exact) mass is 217 g/mol. The second kappa shape index (κ2) is 4.23. The highest BCUT2D eigenvalue weighted by atomic mass is 16.5. The van der Waals surface area contributed by atoms with E-state index in [1.54, 1.807) is 0 Å². The molecule has 2 aromatic rings. The van der Waals surface area contributed by atoms with Crippen LogP contribution in [0.15, 0.2) is 30.6 Å². The molecule has 0 unspecified atom stereocenters. The Bertz CT molecular complexity index is 474. The summed E-state index contributed by atoms with van der Waals surface area (Å²) in [5.41, 5.74) is 2.24. The molecule has 1 aromatic heterocycles. The second-order valence-corrected chi connectivity index (χ2v) is 4.11. The molecule has 1 atom stereocenters. The van der Waals surface area contributed by atoms with Crippen LogP contribution in [-0.2, 0) is 11.3 Å². The molecule has 84 valence electrons. The highest BCUT2D eigenvalue weighted by Gasteiger charge is 2.14. The molecule has 1 fully saturated rings. The lowest BCUT2D eigenvalue weighted by atomic mass is 10.2.